The smallest absolute Gasteiger partial charge is 0.160 e. The minimum absolute atomic E-state index is 0.193. The van der Waals surface area contributed by atoms with Crippen molar-refractivity contribution in [3.05, 3.63) is 35.4 Å². The van der Waals surface area contributed by atoms with Crippen molar-refractivity contribution in [1.82, 2.24) is 0 Å². The molecule has 1 atom stereocenters. The van der Waals surface area contributed by atoms with Crippen molar-refractivity contribution in [3.63, 3.8) is 0 Å². The van der Waals surface area contributed by atoms with E-state index in [4.69, 9.17) is 0 Å². The fourth-order valence-electron chi connectivity index (χ4n) is 2.43. The van der Waals surface area contributed by atoms with Crippen LogP contribution in [-0.2, 0) is 0 Å². The average molecular weight is 232 g/mol. The number of benzene rings is 1. The van der Waals surface area contributed by atoms with Crippen LogP contribution in [0.4, 0.5) is 0 Å². The Morgan fingerprint density at radius 1 is 1.12 bits per heavy atom. The van der Waals surface area contributed by atoms with Gasteiger partial charge in [0.25, 0.3) is 0 Å². The maximum absolute atomic E-state index is 11.6. The molecule has 94 valence electrons. The summed E-state index contributed by atoms with van der Waals surface area (Å²) in [5.41, 5.74) is 2.18. The van der Waals surface area contributed by atoms with E-state index in [1.807, 2.05) is 12.1 Å². The van der Waals surface area contributed by atoms with E-state index in [2.05, 4.69) is 26.0 Å². The predicted molar refractivity (Wildman–Crippen MR) is 73.6 cm³/mol. The number of carbonyl (C=O) groups excluding carboxylic acids is 1. The highest BCUT2D eigenvalue weighted by atomic mass is 16.1. The van der Waals surface area contributed by atoms with E-state index >= 15 is 0 Å². The first-order valence-corrected chi connectivity index (χ1v) is 6.80. The molecule has 1 rings (SSSR count). The third kappa shape index (κ3) is 3.99. The van der Waals surface area contributed by atoms with Gasteiger partial charge in [-0.1, -0.05) is 57.4 Å². The second-order valence-corrected chi connectivity index (χ2v) is 4.77. The molecule has 0 saturated carbocycles. The summed E-state index contributed by atoms with van der Waals surface area (Å²) >= 11 is 0. The number of hydrogen-bond acceptors (Lipinski definition) is 1. The van der Waals surface area contributed by atoms with Crippen LogP contribution in [-0.4, -0.2) is 5.78 Å². The zero-order chi connectivity index (χ0) is 12.7. The number of hydrogen-bond donors (Lipinski definition) is 0. The van der Waals surface area contributed by atoms with E-state index in [0.29, 0.717) is 5.92 Å². The first kappa shape index (κ1) is 14.0. The quantitative estimate of drug-likeness (QED) is 0.607. The molecule has 0 aliphatic rings. The minimum atomic E-state index is 0.193. The minimum Gasteiger partial charge on any atom is -0.295 e. The Bertz CT molecular complexity index is 354. The molecular weight excluding hydrogens is 208 g/mol. The van der Waals surface area contributed by atoms with Gasteiger partial charge in [-0.25, -0.2) is 0 Å². The van der Waals surface area contributed by atoms with E-state index in [-0.39, 0.29) is 5.78 Å². The molecule has 1 heteroatoms. The summed E-state index contributed by atoms with van der Waals surface area (Å²) in [7, 11) is 0. The van der Waals surface area contributed by atoms with Gasteiger partial charge in [0.05, 0.1) is 0 Å². The molecule has 1 unspecified atom stereocenters. The summed E-state index contributed by atoms with van der Waals surface area (Å²) in [4.78, 5) is 11.6. The highest BCUT2D eigenvalue weighted by molar-refractivity contribution is 5.95. The number of Topliss-reactive ketones (excluding diaryl/α,β-unsaturated/α-hetero) is 1. The molecule has 0 aromatic heterocycles. The van der Waals surface area contributed by atoms with Crippen molar-refractivity contribution in [3.8, 4) is 0 Å². The fourth-order valence-corrected chi connectivity index (χ4v) is 2.43. The summed E-state index contributed by atoms with van der Waals surface area (Å²) in [6.45, 7) is 6.11. The van der Waals surface area contributed by atoms with Gasteiger partial charge in [-0.3, -0.25) is 4.79 Å². The molecule has 0 N–H and O–H groups in total. The van der Waals surface area contributed by atoms with Gasteiger partial charge >= 0.3 is 0 Å². The van der Waals surface area contributed by atoms with Gasteiger partial charge in [-0.05, 0) is 31.2 Å². The van der Waals surface area contributed by atoms with Gasteiger partial charge in [0, 0.05) is 5.56 Å². The second-order valence-electron chi connectivity index (χ2n) is 4.77. The Hall–Kier alpha value is -1.11. The van der Waals surface area contributed by atoms with Crippen molar-refractivity contribution >= 4 is 5.78 Å². The molecular formula is C16H24O. The maximum Gasteiger partial charge on any atom is 0.160 e. The highest BCUT2D eigenvalue weighted by Gasteiger charge is 2.15. The van der Waals surface area contributed by atoms with Crippen LogP contribution in [0.1, 0.15) is 74.7 Å². The zero-order valence-electron chi connectivity index (χ0n) is 11.3. The van der Waals surface area contributed by atoms with E-state index in [9.17, 15) is 4.79 Å². The second kappa shape index (κ2) is 7.26. The third-order valence-electron chi connectivity index (χ3n) is 3.32. The van der Waals surface area contributed by atoms with Gasteiger partial charge in [0.2, 0.25) is 0 Å². The molecule has 0 fully saturated rings. The predicted octanol–water partition coefficient (Wildman–Crippen LogP) is 4.96. The Balaban J connectivity index is 2.95. The van der Waals surface area contributed by atoms with Gasteiger partial charge < -0.3 is 0 Å². The van der Waals surface area contributed by atoms with Crippen LogP contribution in [0, 0.1) is 0 Å². The van der Waals surface area contributed by atoms with E-state index < -0.39 is 0 Å². The summed E-state index contributed by atoms with van der Waals surface area (Å²) < 4.78 is 0. The molecule has 0 amide bonds. The fraction of sp³-hybridized carbons (Fsp3) is 0.562. The van der Waals surface area contributed by atoms with Crippen LogP contribution >= 0.6 is 0 Å². The highest BCUT2D eigenvalue weighted by Crippen LogP contribution is 2.29. The number of ketones is 1. The summed E-state index contributed by atoms with van der Waals surface area (Å²) in [6.07, 6.45) is 6.04. The van der Waals surface area contributed by atoms with Gasteiger partial charge in [-0.2, -0.15) is 0 Å². The van der Waals surface area contributed by atoms with Gasteiger partial charge in [-0.15, -0.1) is 0 Å². The van der Waals surface area contributed by atoms with Crippen LogP contribution in [0.5, 0.6) is 0 Å². The molecule has 0 spiro atoms. The number of unbranched alkanes of at least 4 members (excludes halogenated alkanes) is 1. The molecule has 0 saturated heterocycles. The third-order valence-corrected chi connectivity index (χ3v) is 3.32. The molecule has 0 aliphatic heterocycles. The molecule has 0 bridgehead atoms. The molecule has 0 radical (unpaired) electrons. The molecule has 0 aliphatic carbocycles. The first-order chi connectivity index (χ1) is 8.20. The van der Waals surface area contributed by atoms with Crippen LogP contribution in [0.15, 0.2) is 24.3 Å². The molecule has 1 aromatic rings. The van der Waals surface area contributed by atoms with E-state index in [1.54, 1.807) is 6.92 Å². The molecule has 1 nitrogen and oxygen atoms in total. The Morgan fingerprint density at radius 2 is 1.82 bits per heavy atom. The van der Waals surface area contributed by atoms with Crippen molar-refractivity contribution < 1.29 is 4.79 Å². The lowest BCUT2D eigenvalue weighted by molar-refractivity contribution is 0.101. The van der Waals surface area contributed by atoms with Crippen LogP contribution in [0.3, 0.4) is 0 Å². The summed E-state index contributed by atoms with van der Waals surface area (Å²) in [5.74, 6) is 0.748. The summed E-state index contributed by atoms with van der Waals surface area (Å²) in [6, 6.07) is 8.11. The Kier molecular flexibility index (Phi) is 5.96. The van der Waals surface area contributed by atoms with E-state index in [1.165, 1.54) is 37.7 Å². The van der Waals surface area contributed by atoms with Crippen molar-refractivity contribution in [2.75, 3.05) is 0 Å². The number of carbonyl (C=O) groups is 1. The van der Waals surface area contributed by atoms with Crippen LogP contribution in [0.2, 0.25) is 0 Å². The Labute approximate surface area is 105 Å². The van der Waals surface area contributed by atoms with Crippen molar-refractivity contribution in [1.29, 1.82) is 0 Å². The van der Waals surface area contributed by atoms with Crippen molar-refractivity contribution in [2.45, 2.75) is 58.8 Å². The lowest BCUT2D eigenvalue weighted by Crippen LogP contribution is -2.06. The largest absolute Gasteiger partial charge is 0.295 e. The van der Waals surface area contributed by atoms with Crippen molar-refractivity contribution in [2.24, 2.45) is 0 Å². The Morgan fingerprint density at radius 3 is 2.41 bits per heavy atom. The lowest BCUT2D eigenvalue weighted by Gasteiger charge is -2.19. The van der Waals surface area contributed by atoms with Gasteiger partial charge in [0.15, 0.2) is 5.78 Å². The zero-order valence-corrected chi connectivity index (χ0v) is 11.3. The molecule has 0 heterocycles. The van der Waals surface area contributed by atoms with Gasteiger partial charge in [0.1, 0.15) is 0 Å². The average Bonchev–Trinajstić information content (AvgIpc) is 2.34. The SMILES string of the molecule is CCCCC(CCC)c1ccccc1C(C)=O. The van der Waals surface area contributed by atoms with Crippen LogP contribution < -0.4 is 0 Å². The van der Waals surface area contributed by atoms with Crippen LogP contribution in [0.25, 0.3) is 0 Å². The standard InChI is InChI=1S/C16H24O/c1-4-6-10-14(9-5-2)16-12-8-7-11-15(16)13(3)17/h7-8,11-12,14H,4-6,9-10H2,1-3H3. The topological polar surface area (TPSA) is 17.1 Å². The van der Waals surface area contributed by atoms with E-state index in [0.717, 1.165) is 5.56 Å². The summed E-state index contributed by atoms with van der Waals surface area (Å²) in [5, 5.41) is 0. The maximum atomic E-state index is 11.6. The molecule has 17 heavy (non-hydrogen) atoms. The number of rotatable bonds is 7. The lowest BCUT2D eigenvalue weighted by atomic mass is 9.86. The normalized spacial score (nSPS) is 12.4. The molecule has 1 aromatic carbocycles. The monoisotopic (exact) mass is 232 g/mol. The first-order valence-electron chi connectivity index (χ1n) is 6.80.